The van der Waals surface area contributed by atoms with Crippen molar-refractivity contribution in [3.05, 3.63) is 24.2 Å². The van der Waals surface area contributed by atoms with Crippen molar-refractivity contribution in [3.8, 4) is 0 Å². The molecule has 0 saturated carbocycles. The Hall–Kier alpha value is -2.04. The molecule has 2 aromatic heterocycles. The summed E-state index contributed by atoms with van der Waals surface area (Å²) in [5.74, 6) is -0.121. The van der Waals surface area contributed by atoms with Crippen LogP contribution in [0.3, 0.4) is 0 Å². The van der Waals surface area contributed by atoms with Crippen LogP contribution in [0, 0.1) is 0 Å². The Bertz CT molecular complexity index is 630. The molecule has 0 unspecified atom stereocenters. The lowest BCUT2D eigenvalue weighted by atomic mass is 10.4. The second-order valence-electron chi connectivity index (χ2n) is 3.21. The zero-order chi connectivity index (χ0) is 13.4. The van der Waals surface area contributed by atoms with E-state index in [9.17, 15) is 21.6 Å². The van der Waals surface area contributed by atoms with Crippen molar-refractivity contribution in [2.45, 2.75) is 11.1 Å². The van der Waals surface area contributed by atoms with Gasteiger partial charge in [0.15, 0.2) is 5.82 Å². The fourth-order valence-electron chi connectivity index (χ4n) is 1.14. The third kappa shape index (κ3) is 2.45. The number of alkyl halides is 3. The van der Waals surface area contributed by atoms with E-state index in [2.05, 4.69) is 15.4 Å². The van der Waals surface area contributed by atoms with Gasteiger partial charge in [0.25, 0.3) is 10.0 Å². The molecule has 0 saturated heterocycles. The third-order valence-corrected chi connectivity index (χ3v) is 3.26. The highest BCUT2D eigenvalue weighted by molar-refractivity contribution is 7.92. The van der Waals surface area contributed by atoms with Crippen LogP contribution in [0.25, 0.3) is 0 Å². The van der Waals surface area contributed by atoms with Crippen LogP contribution >= 0.6 is 0 Å². The van der Waals surface area contributed by atoms with E-state index < -0.39 is 26.8 Å². The summed E-state index contributed by atoms with van der Waals surface area (Å²) in [6, 6.07) is 0.489. The minimum atomic E-state index is -4.64. The fourth-order valence-corrected chi connectivity index (χ4v) is 2.12. The second kappa shape index (κ2) is 4.01. The SMILES string of the molecule is O=S(=O)(Nc1cn[nH]n1)c1c[nH]c(C(F)(F)F)c1. The van der Waals surface area contributed by atoms with Crippen molar-refractivity contribution < 1.29 is 21.6 Å². The minimum absolute atomic E-state index is 0.121. The number of aromatic nitrogens is 4. The number of sulfonamides is 1. The first kappa shape index (κ1) is 12.4. The van der Waals surface area contributed by atoms with Crippen LogP contribution in [0.15, 0.2) is 23.4 Å². The Labute approximate surface area is 98.5 Å². The maximum Gasteiger partial charge on any atom is 0.431 e. The molecule has 0 aliphatic heterocycles. The molecular weight excluding hydrogens is 275 g/mol. The number of halogens is 3. The van der Waals surface area contributed by atoms with Crippen LogP contribution in [0.5, 0.6) is 0 Å². The predicted octanol–water partition coefficient (Wildman–Crippen LogP) is 0.952. The average molecular weight is 281 g/mol. The number of nitrogens with zero attached hydrogens (tertiary/aromatic N) is 2. The molecule has 0 atom stereocenters. The van der Waals surface area contributed by atoms with Crippen molar-refractivity contribution in [3.63, 3.8) is 0 Å². The first-order valence-electron chi connectivity index (χ1n) is 4.43. The zero-order valence-electron chi connectivity index (χ0n) is 8.49. The maximum absolute atomic E-state index is 12.3. The van der Waals surface area contributed by atoms with Gasteiger partial charge in [-0.3, -0.25) is 4.72 Å². The highest BCUT2D eigenvalue weighted by Gasteiger charge is 2.33. The highest BCUT2D eigenvalue weighted by atomic mass is 32.2. The van der Waals surface area contributed by atoms with Gasteiger partial charge >= 0.3 is 6.18 Å². The van der Waals surface area contributed by atoms with Gasteiger partial charge in [0.2, 0.25) is 0 Å². The molecule has 0 spiro atoms. The number of rotatable bonds is 3. The first-order valence-corrected chi connectivity index (χ1v) is 5.91. The standard InChI is InChI=1S/C7H6F3N5O2S/c8-7(9,10)5-1-4(2-11-5)18(16,17)14-6-3-12-15-13-6/h1-3,11H,(H2,12,13,14,15). The Kier molecular flexibility index (Phi) is 2.77. The molecule has 18 heavy (non-hydrogen) atoms. The minimum Gasteiger partial charge on any atom is -0.356 e. The quantitative estimate of drug-likeness (QED) is 0.779. The zero-order valence-corrected chi connectivity index (χ0v) is 9.30. The second-order valence-corrected chi connectivity index (χ2v) is 4.89. The van der Waals surface area contributed by atoms with Crippen LogP contribution in [0.2, 0.25) is 0 Å². The largest absolute Gasteiger partial charge is 0.431 e. The monoisotopic (exact) mass is 281 g/mol. The van der Waals surface area contributed by atoms with Gasteiger partial charge in [0.05, 0.1) is 6.20 Å². The van der Waals surface area contributed by atoms with Gasteiger partial charge < -0.3 is 4.98 Å². The van der Waals surface area contributed by atoms with Crippen LogP contribution in [0.1, 0.15) is 5.69 Å². The molecule has 0 bridgehead atoms. The number of nitrogens with one attached hydrogen (secondary N) is 3. The average Bonchev–Trinajstić information content (AvgIpc) is 2.83. The summed E-state index contributed by atoms with van der Waals surface area (Å²) in [6.07, 6.45) is -2.82. The molecule has 0 fully saturated rings. The number of anilines is 1. The summed E-state index contributed by atoms with van der Waals surface area (Å²) in [5.41, 5.74) is -1.15. The third-order valence-electron chi connectivity index (χ3n) is 1.93. The lowest BCUT2D eigenvalue weighted by molar-refractivity contribution is -0.140. The number of hydrogen-bond acceptors (Lipinski definition) is 4. The van der Waals surface area contributed by atoms with Gasteiger partial charge in [-0.25, -0.2) is 8.42 Å². The molecule has 0 aliphatic carbocycles. The van der Waals surface area contributed by atoms with E-state index in [1.807, 2.05) is 9.71 Å². The molecule has 2 rings (SSSR count). The molecule has 98 valence electrons. The van der Waals surface area contributed by atoms with E-state index >= 15 is 0 Å². The molecule has 11 heteroatoms. The lowest BCUT2D eigenvalue weighted by Crippen LogP contribution is -2.12. The Balaban J connectivity index is 2.28. The van der Waals surface area contributed by atoms with Crippen molar-refractivity contribution in [2.75, 3.05) is 4.72 Å². The van der Waals surface area contributed by atoms with Crippen LogP contribution < -0.4 is 4.72 Å². The van der Waals surface area contributed by atoms with E-state index in [0.717, 1.165) is 12.4 Å². The van der Waals surface area contributed by atoms with E-state index in [4.69, 9.17) is 0 Å². The fraction of sp³-hybridized carbons (Fsp3) is 0.143. The van der Waals surface area contributed by atoms with E-state index in [1.54, 1.807) is 0 Å². The molecule has 0 amide bonds. The summed E-state index contributed by atoms with van der Waals surface area (Å²) in [4.78, 5) is 1.30. The smallest absolute Gasteiger partial charge is 0.356 e. The number of aromatic amines is 2. The van der Waals surface area contributed by atoms with Crippen molar-refractivity contribution >= 4 is 15.8 Å². The Morgan fingerprint density at radius 1 is 1.33 bits per heavy atom. The van der Waals surface area contributed by atoms with Crippen LogP contribution in [0.4, 0.5) is 19.0 Å². The van der Waals surface area contributed by atoms with E-state index in [-0.39, 0.29) is 5.82 Å². The Morgan fingerprint density at radius 2 is 2.06 bits per heavy atom. The van der Waals surface area contributed by atoms with Crippen molar-refractivity contribution in [2.24, 2.45) is 0 Å². The normalized spacial score (nSPS) is 12.6. The molecular formula is C7H6F3N5O2S. The van der Waals surface area contributed by atoms with Gasteiger partial charge in [-0.1, -0.05) is 0 Å². The molecule has 2 aromatic rings. The topological polar surface area (TPSA) is 104 Å². The highest BCUT2D eigenvalue weighted by Crippen LogP contribution is 2.29. The molecule has 3 N–H and O–H groups in total. The summed E-state index contributed by atoms with van der Waals surface area (Å²) >= 11 is 0. The molecule has 2 heterocycles. The van der Waals surface area contributed by atoms with Gasteiger partial charge in [0, 0.05) is 6.20 Å². The van der Waals surface area contributed by atoms with Crippen molar-refractivity contribution in [1.29, 1.82) is 0 Å². The molecule has 0 radical (unpaired) electrons. The van der Waals surface area contributed by atoms with Crippen molar-refractivity contribution in [1.82, 2.24) is 20.4 Å². The first-order chi connectivity index (χ1) is 8.29. The van der Waals surface area contributed by atoms with E-state index in [1.165, 1.54) is 0 Å². The molecule has 0 aromatic carbocycles. The Morgan fingerprint density at radius 3 is 2.56 bits per heavy atom. The maximum atomic E-state index is 12.3. The molecule has 7 nitrogen and oxygen atoms in total. The summed E-state index contributed by atoms with van der Waals surface area (Å²) in [7, 11) is -4.13. The van der Waals surface area contributed by atoms with Gasteiger partial charge in [-0.2, -0.15) is 23.5 Å². The molecule has 0 aliphatic rings. The number of H-pyrrole nitrogens is 2. The summed E-state index contributed by atoms with van der Waals surface area (Å²) < 4.78 is 62.2. The number of hydrogen-bond donors (Lipinski definition) is 3. The van der Waals surface area contributed by atoms with Crippen LogP contribution in [-0.2, 0) is 16.2 Å². The summed E-state index contributed by atoms with van der Waals surface area (Å²) in [6.45, 7) is 0. The van der Waals surface area contributed by atoms with Gasteiger partial charge in [-0.15, -0.1) is 5.10 Å². The predicted molar refractivity (Wildman–Crippen MR) is 53.0 cm³/mol. The van der Waals surface area contributed by atoms with E-state index in [0.29, 0.717) is 6.07 Å². The lowest BCUT2D eigenvalue weighted by Gasteiger charge is -2.02. The van der Waals surface area contributed by atoms with Gasteiger partial charge in [-0.05, 0) is 6.07 Å². The summed E-state index contributed by atoms with van der Waals surface area (Å²) in [5, 5.41) is 8.94. The van der Waals surface area contributed by atoms with Gasteiger partial charge in [0.1, 0.15) is 10.6 Å². The van der Waals surface area contributed by atoms with Crippen LogP contribution in [-0.4, -0.2) is 28.8 Å².